The van der Waals surface area contributed by atoms with Crippen LogP contribution in [-0.2, 0) is 0 Å². The van der Waals surface area contributed by atoms with E-state index in [0.717, 1.165) is 0 Å². The van der Waals surface area contributed by atoms with E-state index in [1.54, 1.807) is 18.8 Å². The standard InChI is InChI=1S/C8H11N2O2P/c1-4(9)6(11)5-2-3-13-7(5)8(10)12/h2-4,13H,9H2,1H3,(H2,10,12)/t4-/m0/s1. The maximum Gasteiger partial charge on any atom is 0.253 e. The van der Waals surface area contributed by atoms with Gasteiger partial charge in [0, 0.05) is 5.56 Å². The van der Waals surface area contributed by atoms with Crippen molar-refractivity contribution in [1.29, 1.82) is 0 Å². The Hall–Kier alpha value is -1.12. The molecule has 0 bridgehead atoms. The van der Waals surface area contributed by atoms with E-state index >= 15 is 0 Å². The lowest BCUT2D eigenvalue weighted by molar-refractivity contribution is 0.0950. The zero-order valence-electron chi connectivity index (χ0n) is 7.20. The number of carbonyl (C=O) groups excluding carboxylic acids is 2. The Morgan fingerprint density at radius 2 is 2.15 bits per heavy atom. The molecule has 13 heavy (non-hydrogen) atoms. The summed E-state index contributed by atoms with van der Waals surface area (Å²) in [6, 6.07) is 1.03. The van der Waals surface area contributed by atoms with Gasteiger partial charge in [-0.25, -0.2) is 0 Å². The van der Waals surface area contributed by atoms with Crippen LogP contribution in [-0.4, -0.2) is 17.7 Å². The van der Waals surface area contributed by atoms with Crippen LogP contribution in [0.4, 0.5) is 0 Å². The molecule has 0 radical (unpaired) electrons. The van der Waals surface area contributed by atoms with Crippen LogP contribution in [0, 0.1) is 0 Å². The van der Waals surface area contributed by atoms with Crippen LogP contribution in [0.5, 0.6) is 0 Å². The number of amides is 1. The molecule has 0 aliphatic heterocycles. The van der Waals surface area contributed by atoms with Crippen molar-refractivity contribution in [3.63, 3.8) is 0 Å². The number of Topliss-reactive ketones (excluding diaryl/α,β-unsaturated/α-hetero) is 1. The van der Waals surface area contributed by atoms with E-state index in [4.69, 9.17) is 11.5 Å². The van der Waals surface area contributed by atoms with Crippen LogP contribution in [0.25, 0.3) is 0 Å². The van der Waals surface area contributed by atoms with E-state index < -0.39 is 11.9 Å². The first-order chi connectivity index (χ1) is 6.04. The van der Waals surface area contributed by atoms with Crippen LogP contribution in [0.1, 0.15) is 27.4 Å². The Balaban J connectivity index is 3.08. The molecule has 2 atom stereocenters. The van der Waals surface area contributed by atoms with Crippen molar-refractivity contribution in [2.75, 3.05) is 0 Å². The third-order valence-electron chi connectivity index (χ3n) is 1.67. The summed E-state index contributed by atoms with van der Waals surface area (Å²) in [5.74, 6) is 0.998. The molecule has 0 saturated heterocycles. The third-order valence-corrected chi connectivity index (χ3v) is 2.81. The molecule has 1 rings (SSSR count). The second-order valence-corrected chi connectivity index (χ2v) is 3.91. The molecule has 0 spiro atoms. The highest BCUT2D eigenvalue weighted by molar-refractivity contribution is 7.32. The summed E-state index contributed by atoms with van der Waals surface area (Å²) < 4.78 is 0. The lowest BCUT2D eigenvalue weighted by atomic mass is 10.1. The van der Waals surface area contributed by atoms with Gasteiger partial charge in [0.05, 0.1) is 11.3 Å². The van der Waals surface area contributed by atoms with Gasteiger partial charge in [-0.3, -0.25) is 9.59 Å². The molecule has 1 aromatic rings. The van der Waals surface area contributed by atoms with Gasteiger partial charge in [-0.15, -0.1) is 8.19 Å². The molecular formula is C8H11N2O2P. The van der Waals surface area contributed by atoms with Gasteiger partial charge >= 0.3 is 0 Å². The fourth-order valence-corrected chi connectivity index (χ4v) is 1.94. The van der Waals surface area contributed by atoms with Gasteiger partial charge in [-0.05, 0) is 18.8 Å². The summed E-state index contributed by atoms with van der Waals surface area (Å²) in [6.45, 7) is 1.59. The van der Waals surface area contributed by atoms with Gasteiger partial charge in [0.2, 0.25) is 0 Å². The Labute approximate surface area is 77.4 Å². The number of ketones is 1. The van der Waals surface area contributed by atoms with Crippen molar-refractivity contribution in [1.82, 2.24) is 0 Å². The number of rotatable bonds is 3. The highest BCUT2D eigenvalue weighted by Crippen LogP contribution is 2.21. The minimum Gasteiger partial charge on any atom is -0.365 e. The number of primary amides is 1. The number of carbonyl (C=O) groups is 2. The Kier molecular flexibility index (Phi) is 2.86. The van der Waals surface area contributed by atoms with Crippen molar-refractivity contribution in [2.45, 2.75) is 13.0 Å². The molecule has 0 aliphatic carbocycles. The van der Waals surface area contributed by atoms with E-state index in [9.17, 15) is 9.59 Å². The molecule has 1 heterocycles. The van der Waals surface area contributed by atoms with E-state index in [0.29, 0.717) is 10.9 Å². The smallest absolute Gasteiger partial charge is 0.253 e. The van der Waals surface area contributed by atoms with E-state index in [2.05, 4.69) is 0 Å². The normalized spacial score (nSPS) is 13.1. The molecule has 5 heteroatoms. The molecule has 4 nitrogen and oxygen atoms in total. The van der Waals surface area contributed by atoms with Crippen LogP contribution >= 0.6 is 8.19 Å². The second-order valence-electron chi connectivity index (χ2n) is 2.78. The molecule has 1 unspecified atom stereocenters. The largest absolute Gasteiger partial charge is 0.365 e. The van der Waals surface area contributed by atoms with Crippen molar-refractivity contribution in [3.05, 3.63) is 22.7 Å². The summed E-state index contributed by atoms with van der Waals surface area (Å²) >= 11 is 0. The topological polar surface area (TPSA) is 86.2 Å². The van der Waals surface area contributed by atoms with Crippen molar-refractivity contribution < 1.29 is 9.59 Å². The van der Waals surface area contributed by atoms with E-state index in [1.807, 2.05) is 0 Å². The van der Waals surface area contributed by atoms with Crippen LogP contribution < -0.4 is 11.5 Å². The van der Waals surface area contributed by atoms with Gasteiger partial charge in [-0.2, -0.15) is 0 Å². The highest BCUT2D eigenvalue weighted by Gasteiger charge is 2.17. The minimum absolute atomic E-state index is 0.194. The van der Waals surface area contributed by atoms with Crippen LogP contribution in [0.3, 0.4) is 0 Å². The molecule has 0 aliphatic rings. The maximum absolute atomic E-state index is 11.4. The van der Waals surface area contributed by atoms with E-state index in [-0.39, 0.29) is 14.0 Å². The summed E-state index contributed by atoms with van der Waals surface area (Å²) in [6.07, 6.45) is 0. The molecule has 70 valence electrons. The lowest BCUT2D eigenvalue weighted by Crippen LogP contribution is -2.28. The van der Waals surface area contributed by atoms with Crippen LogP contribution in [0.2, 0.25) is 0 Å². The summed E-state index contributed by atoms with van der Waals surface area (Å²) in [7, 11) is 0.194. The molecule has 4 N–H and O–H groups in total. The first kappa shape index (κ1) is 9.96. The first-order valence-electron chi connectivity index (χ1n) is 3.81. The van der Waals surface area contributed by atoms with Crippen molar-refractivity contribution in [3.8, 4) is 0 Å². The molecule has 0 aromatic carbocycles. The Bertz CT molecular complexity index is 344. The van der Waals surface area contributed by atoms with Gasteiger partial charge in [0.1, 0.15) is 0 Å². The van der Waals surface area contributed by atoms with Crippen molar-refractivity contribution in [2.24, 2.45) is 11.5 Å². The van der Waals surface area contributed by atoms with E-state index in [1.165, 1.54) is 0 Å². The van der Waals surface area contributed by atoms with Gasteiger partial charge < -0.3 is 11.5 Å². The zero-order valence-corrected chi connectivity index (χ0v) is 8.20. The predicted molar refractivity (Wildman–Crippen MR) is 52.4 cm³/mol. The Morgan fingerprint density at radius 3 is 2.62 bits per heavy atom. The quantitative estimate of drug-likeness (QED) is 0.687. The van der Waals surface area contributed by atoms with Crippen LogP contribution in [0.15, 0.2) is 11.9 Å². The summed E-state index contributed by atoms with van der Waals surface area (Å²) in [5.41, 5.74) is 10.9. The third kappa shape index (κ3) is 1.97. The predicted octanol–water partition coefficient (Wildman–Crippen LogP) is 0.347. The average Bonchev–Trinajstić information content (AvgIpc) is 2.50. The molecular weight excluding hydrogens is 187 g/mol. The zero-order chi connectivity index (χ0) is 10.0. The minimum atomic E-state index is -0.586. The fourth-order valence-electron chi connectivity index (χ4n) is 1.02. The average molecular weight is 198 g/mol. The highest BCUT2D eigenvalue weighted by atomic mass is 31.0. The van der Waals surface area contributed by atoms with Crippen molar-refractivity contribution >= 4 is 19.9 Å². The number of hydrogen-bond donors (Lipinski definition) is 2. The van der Waals surface area contributed by atoms with Gasteiger partial charge in [0.15, 0.2) is 5.78 Å². The second kappa shape index (κ2) is 3.73. The number of nitrogens with two attached hydrogens (primary N) is 2. The number of hydrogen-bond acceptors (Lipinski definition) is 3. The van der Waals surface area contributed by atoms with Gasteiger partial charge in [0.25, 0.3) is 5.91 Å². The summed E-state index contributed by atoms with van der Waals surface area (Å²) in [5, 5.41) is 0.391. The first-order valence-corrected chi connectivity index (χ1v) is 4.88. The monoisotopic (exact) mass is 198 g/mol. The lowest BCUT2D eigenvalue weighted by Gasteiger charge is -2.03. The molecule has 0 saturated carbocycles. The molecule has 0 fully saturated rings. The molecule has 1 amide bonds. The Morgan fingerprint density at radius 1 is 1.54 bits per heavy atom. The molecule has 1 aromatic heterocycles. The van der Waals surface area contributed by atoms with Gasteiger partial charge in [-0.1, -0.05) is 0 Å². The summed E-state index contributed by atoms with van der Waals surface area (Å²) in [4.78, 5) is 22.3. The maximum atomic E-state index is 11.4. The fraction of sp³-hybridized carbons (Fsp3) is 0.250. The SMILES string of the molecule is C[C@H](N)C(=O)c1cc[pH]c1C(N)=O.